The topological polar surface area (TPSA) is 24.5 Å². The molecule has 3 fully saturated rings. The summed E-state index contributed by atoms with van der Waals surface area (Å²) >= 11 is 0. The van der Waals surface area contributed by atoms with Gasteiger partial charge in [0.25, 0.3) is 0 Å². The average molecular weight is 294 g/mol. The summed E-state index contributed by atoms with van der Waals surface area (Å²) in [5.74, 6) is 1.69. The predicted molar refractivity (Wildman–Crippen MR) is 87.5 cm³/mol. The van der Waals surface area contributed by atoms with Gasteiger partial charge in [-0.25, -0.2) is 0 Å². The van der Waals surface area contributed by atoms with E-state index in [-0.39, 0.29) is 0 Å². The predicted octanol–water partition coefficient (Wildman–Crippen LogP) is 2.90. The molecule has 3 unspecified atom stereocenters. The Morgan fingerprint density at radius 1 is 1.14 bits per heavy atom. The lowest BCUT2D eigenvalue weighted by Gasteiger charge is -2.47. The molecule has 1 saturated carbocycles. The van der Waals surface area contributed by atoms with E-state index in [0.29, 0.717) is 5.41 Å². The van der Waals surface area contributed by atoms with Gasteiger partial charge < -0.3 is 10.1 Å². The Morgan fingerprint density at radius 2 is 1.86 bits per heavy atom. The summed E-state index contributed by atoms with van der Waals surface area (Å²) in [4.78, 5) is 2.79. The standard InChI is InChI=1S/C18H34N2O/c1-14-10-15(2)16(3)20(11-14)13-18(6-8-21-9-7-18)12-19-17-4-5-17/h14-17,19H,4-13H2,1-3H3. The fourth-order valence-corrected chi connectivity index (χ4v) is 4.32. The molecule has 2 heterocycles. The number of ether oxygens (including phenoxy) is 1. The lowest BCUT2D eigenvalue weighted by molar-refractivity contribution is -0.0289. The van der Waals surface area contributed by atoms with E-state index >= 15 is 0 Å². The Balaban J connectivity index is 1.64. The number of piperidine rings is 1. The van der Waals surface area contributed by atoms with Gasteiger partial charge in [-0.05, 0) is 56.3 Å². The molecular formula is C18H34N2O. The van der Waals surface area contributed by atoms with Gasteiger partial charge in [0.15, 0.2) is 0 Å². The minimum atomic E-state index is 0.450. The summed E-state index contributed by atoms with van der Waals surface area (Å²) in [6.07, 6.45) is 6.65. The van der Waals surface area contributed by atoms with Gasteiger partial charge in [0.2, 0.25) is 0 Å². The number of hydrogen-bond donors (Lipinski definition) is 1. The molecule has 0 aromatic heterocycles. The van der Waals surface area contributed by atoms with E-state index in [4.69, 9.17) is 4.74 Å². The van der Waals surface area contributed by atoms with Gasteiger partial charge in [0.05, 0.1) is 0 Å². The Kier molecular flexibility index (Phi) is 4.92. The fourth-order valence-electron chi connectivity index (χ4n) is 4.32. The van der Waals surface area contributed by atoms with E-state index in [1.54, 1.807) is 0 Å². The molecule has 0 spiro atoms. The molecule has 21 heavy (non-hydrogen) atoms. The van der Waals surface area contributed by atoms with Crippen LogP contribution in [0.5, 0.6) is 0 Å². The normalized spacial score (nSPS) is 37.6. The summed E-state index contributed by atoms with van der Waals surface area (Å²) < 4.78 is 5.66. The maximum atomic E-state index is 5.66. The number of likely N-dealkylation sites (tertiary alicyclic amines) is 1. The maximum Gasteiger partial charge on any atom is 0.0472 e. The van der Waals surface area contributed by atoms with Crippen LogP contribution < -0.4 is 5.32 Å². The van der Waals surface area contributed by atoms with Gasteiger partial charge in [0, 0.05) is 44.9 Å². The van der Waals surface area contributed by atoms with Gasteiger partial charge in [-0.1, -0.05) is 13.8 Å². The summed E-state index contributed by atoms with van der Waals surface area (Å²) in [5.41, 5.74) is 0.450. The first-order valence-electron chi connectivity index (χ1n) is 9.13. The van der Waals surface area contributed by atoms with Gasteiger partial charge in [-0.15, -0.1) is 0 Å². The van der Waals surface area contributed by atoms with Crippen molar-refractivity contribution in [1.29, 1.82) is 0 Å². The molecule has 1 aliphatic carbocycles. The van der Waals surface area contributed by atoms with Crippen molar-refractivity contribution < 1.29 is 4.74 Å². The molecule has 0 aromatic carbocycles. The van der Waals surface area contributed by atoms with Crippen LogP contribution in [0.3, 0.4) is 0 Å². The molecule has 0 aromatic rings. The zero-order chi connectivity index (χ0) is 14.9. The summed E-state index contributed by atoms with van der Waals surface area (Å²) in [7, 11) is 0. The molecular weight excluding hydrogens is 260 g/mol. The molecule has 3 atom stereocenters. The second-order valence-corrected chi connectivity index (χ2v) is 8.26. The zero-order valence-electron chi connectivity index (χ0n) is 14.2. The monoisotopic (exact) mass is 294 g/mol. The molecule has 3 aliphatic rings. The van der Waals surface area contributed by atoms with Crippen molar-refractivity contribution in [2.75, 3.05) is 32.8 Å². The van der Waals surface area contributed by atoms with Gasteiger partial charge >= 0.3 is 0 Å². The number of nitrogens with zero attached hydrogens (tertiary/aromatic N) is 1. The molecule has 122 valence electrons. The third kappa shape index (κ3) is 4.00. The molecule has 0 radical (unpaired) electrons. The molecule has 0 bridgehead atoms. The summed E-state index contributed by atoms with van der Waals surface area (Å²) in [6, 6.07) is 1.56. The molecule has 1 N–H and O–H groups in total. The summed E-state index contributed by atoms with van der Waals surface area (Å²) in [6.45, 7) is 13.0. The van der Waals surface area contributed by atoms with Crippen molar-refractivity contribution in [1.82, 2.24) is 10.2 Å². The largest absolute Gasteiger partial charge is 0.381 e. The Morgan fingerprint density at radius 3 is 2.52 bits per heavy atom. The number of rotatable bonds is 5. The minimum Gasteiger partial charge on any atom is -0.381 e. The van der Waals surface area contributed by atoms with E-state index in [9.17, 15) is 0 Å². The second kappa shape index (κ2) is 6.55. The summed E-state index contributed by atoms with van der Waals surface area (Å²) in [5, 5.41) is 3.81. The van der Waals surface area contributed by atoms with Crippen molar-refractivity contribution >= 4 is 0 Å². The number of nitrogens with one attached hydrogen (secondary N) is 1. The van der Waals surface area contributed by atoms with Crippen LogP contribution in [-0.4, -0.2) is 49.8 Å². The Labute approximate surface area is 130 Å². The maximum absolute atomic E-state index is 5.66. The lowest BCUT2D eigenvalue weighted by atomic mass is 9.77. The van der Waals surface area contributed by atoms with Crippen LogP contribution >= 0.6 is 0 Å². The van der Waals surface area contributed by atoms with Crippen LogP contribution in [0.4, 0.5) is 0 Å². The number of hydrogen-bond acceptors (Lipinski definition) is 3. The van der Waals surface area contributed by atoms with Crippen molar-refractivity contribution in [2.45, 2.75) is 65.0 Å². The van der Waals surface area contributed by atoms with Crippen LogP contribution in [0, 0.1) is 17.3 Å². The zero-order valence-corrected chi connectivity index (χ0v) is 14.2. The molecule has 2 saturated heterocycles. The SMILES string of the molecule is CC1CC(C)C(C)N(CC2(CNC3CC3)CCOCC2)C1. The van der Waals surface area contributed by atoms with E-state index in [2.05, 4.69) is 31.0 Å². The van der Waals surface area contributed by atoms with Crippen LogP contribution in [0.25, 0.3) is 0 Å². The van der Waals surface area contributed by atoms with E-state index < -0.39 is 0 Å². The smallest absolute Gasteiger partial charge is 0.0472 e. The Bertz CT molecular complexity index is 336. The average Bonchev–Trinajstić information content (AvgIpc) is 3.27. The molecule has 0 amide bonds. The van der Waals surface area contributed by atoms with Crippen LogP contribution in [-0.2, 0) is 4.74 Å². The second-order valence-electron chi connectivity index (χ2n) is 8.26. The van der Waals surface area contributed by atoms with E-state index in [1.807, 2.05) is 0 Å². The third-order valence-corrected chi connectivity index (χ3v) is 6.15. The van der Waals surface area contributed by atoms with Crippen LogP contribution in [0.15, 0.2) is 0 Å². The Hall–Kier alpha value is -0.120. The fraction of sp³-hybridized carbons (Fsp3) is 1.00. The quantitative estimate of drug-likeness (QED) is 0.844. The van der Waals surface area contributed by atoms with Crippen molar-refractivity contribution in [3.63, 3.8) is 0 Å². The van der Waals surface area contributed by atoms with E-state index in [1.165, 1.54) is 51.7 Å². The highest BCUT2D eigenvalue weighted by atomic mass is 16.5. The molecule has 3 rings (SSSR count). The molecule has 2 aliphatic heterocycles. The van der Waals surface area contributed by atoms with Crippen molar-refractivity contribution in [3.05, 3.63) is 0 Å². The molecule has 3 heteroatoms. The van der Waals surface area contributed by atoms with Crippen LogP contribution in [0.1, 0.15) is 52.9 Å². The van der Waals surface area contributed by atoms with Gasteiger partial charge in [-0.3, -0.25) is 4.90 Å². The van der Waals surface area contributed by atoms with E-state index in [0.717, 1.165) is 37.1 Å². The highest BCUT2D eigenvalue weighted by Crippen LogP contribution is 2.36. The van der Waals surface area contributed by atoms with Crippen molar-refractivity contribution in [3.8, 4) is 0 Å². The van der Waals surface area contributed by atoms with Gasteiger partial charge in [0.1, 0.15) is 0 Å². The first-order valence-corrected chi connectivity index (χ1v) is 9.13. The highest BCUT2D eigenvalue weighted by molar-refractivity contribution is 4.93. The third-order valence-electron chi connectivity index (χ3n) is 6.15. The first kappa shape index (κ1) is 15.8. The highest BCUT2D eigenvalue weighted by Gasteiger charge is 2.39. The first-order chi connectivity index (χ1) is 10.1. The van der Waals surface area contributed by atoms with Crippen LogP contribution in [0.2, 0.25) is 0 Å². The van der Waals surface area contributed by atoms with Crippen molar-refractivity contribution in [2.24, 2.45) is 17.3 Å². The minimum absolute atomic E-state index is 0.450. The molecule has 3 nitrogen and oxygen atoms in total. The van der Waals surface area contributed by atoms with Gasteiger partial charge in [-0.2, -0.15) is 0 Å². The lowest BCUT2D eigenvalue weighted by Crippen LogP contribution is -2.54.